The summed E-state index contributed by atoms with van der Waals surface area (Å²) in [6.07, 6.45) is 2.47. The van der Waals surface area contributed by atoms with Gasteiger partial charge in [-0.3, -0.25) is 4.79 Å². The molecule has 0 spiro atoms. The highest BCUT2D eigenvalue weighted by Gasteiger charge is 2.22. The maximum absolute atomic E-state index is 11.9. The third-order valence-corrected chi connectivity index (χ3v) is 5.43. The van der Waals surface area contributed by atoms with E-state index in [0.717, 1.165) is 23.3 Å². The Hall–Kier alpha value is -2.02. The highest BCUT2D eigenvalue weighted by atomic mass is 35.5. The van der Waals surface area contributed by atoms with Gasteiger partial charge in [0.2, 0.25) is 0 Å². The van der Waals surface area contributed by atoms with Crippen LogP contribution in [0.25, 0.3) is 6.08 Å². The Balaban J connectivity index is 1.58. The van der Waals surface area contributed by atoms with Crippen molar-refractivity contribution in [2.24, 2.45) is 0 Å². The molecule has 28 heavy (non-hydrogen) atoms. The summed E-state index contributed by atoms with van der Waals surface area (Å²) in [4.78, 5) is 12.4. The van der Waals surface area contributed by atoms with Crippen LogP contribution in [0.5, 0.6) is 11.5 Å². The maximum Gasteiger partial charge on any atom is 0.263 e. The lowest BCUT2D eigenvalue weighted by molar-refractivity contribution is -0.115. The van der Waals surface area contributed by atoms with Crippen LogP contribution in [0.15, 0.2) is 41.3 Å². The summed E-state index contributed by atoms with van der Waals surface area (Å²) in [6.45, 7) is 5.14. The number of hydrogen-bond acceptors (Lipinski definition) is 5. The zero-order valence-corrected chi connectivity index (χ0v) is 18.0. The smallest absolute Gasteiger partial charge is 0.263 e. The van der Waals surface area contributed by atoms with Gasteiger partial charge in [-0.2, -0.15) is 0 Å². The van der Waals surface area contributed by atoms with Gasteiger partial charge >= 0.3 is 0 Å². The summed E-state index contributed by atoms with van der Waals surface area (Å²) in [5.74, 6) is 1.35. The first kappa shape index (κ1) is 20.7. The van der Waals surface area contributed by atoms with Crippen molar-refractivity contribution in [2.75, 3.05) is 13.2 Å². The quantitative estimate of drug-likeness (QED) is 0.365. The Morgan fingerprint density at radius 2 is 1.82 bits per heavy atom. The van der Waals surface area contributed by atoms with Crippen molar-refractivity contribution in [3.05, 3.63) is 63.0 Å². The van der Waals surface area contributed by atoms with E-state index in [4.69, 9.17) is 33.3 Å². The summed E-state index contributed by atoms with van der Waals surface area (Å²) >= 11 is 12.4. The molecule has 3 rings (SSSR count). The third kappa shape index (κ3) is 5.50. The zero-order chi connectivity index (χ0) is 20.1. The van der Waals surface area contributed by atoms with Crippen molar-refractivity contribution in [3.63, 3.8) is 0 Å². The Bertz CT molecular complexity index is 943. The molecule has 1 aliphatic heterocycles. The molecule has 4 nitrogen and oxygen atoms in total. The number of halogens is 1. The van der Waals surface area contributed by atoms with Crippen molar-refractivity contribution >= 4 is 51.9 Å². The topological polar surface area (TPSA) is 47.6 Å². The number of amides is 1. The van der Waals surface area contributed by atoms with E-state index in [-0.39, 0.29) is 5.91 Å². The Kier molecular flexibility index (Phi) is 6.99. The van der Waals surface area contributed by atoms with Gasteiger partial charge in [0.15, 0.2) is 0 Å². The second-order valence-corrected chi connectivity index (χ2v) is 8.51. The van der Waals surface area contributed by atoms with Crippen LogP contribution in [-0.2, 0) is 4.79 Å². The van der Waals surface area contributed by atoms with E-state index < -0.39 is 0 Å². The number of carbonyl (C=O) groups excluding carboxylic acids is 1. The van der Waals surface area contributed by atoms with Gasteiger partial charge in [0, 0.05) is 17.0 Å². The molecule has 2 aromatic rings. The molecule has 146 valence electrons. The number of carbonyl (C=O) groups is 1. The van der Waals surface area contributed by atoms with E-state index in [1.165, 1.54) is 17.3 Å². The first-order valence-corrected chi connectivity index (χ1v) is 10.4. The minimum Gasteiger partial charge on any atom is -0.493 e. The van der Waals surface area contributed by atoms with Gasteiger partial charge < -0.3 is 14.8 Å². The molecule has 0 bridgehead atoms. The number of aryl methyl sites for hydroxylation is 2. The molecule has 0 radical (unpaired) electrons. The second kappa shape index (κ2) is 9.45. The second-order valence-electron chi connectivity index (χ2n) is 6.35. The molecule has 0 atom stereocenters. The number of thioether (sulfide) groups is 1. The molecular weight excluding hydrogens is 414 g/mol. The van der Waals surface area contributed by atoms with Crippen LogP contribution in [0.4, 0.5) is 0 Å². The average Bonchev–Trinajstić information content (AvgIpc) is 2.95. The SMILES string of the molecule is Cc1ccc(OCCCOc2ccc(Cl)cc2/C=C2\SC(=S)NC2=O)c(C)c1. The predicted molar refractivity (Wildman–Crippen MR) is 119 cm³/mol. The molecule has 1 amide bonds. The Labute approximate surface area is 179 Å². The standard InChI is InChI=1S/C21H20ClNO3S2/c1-13-4-6-17(14(2)10-13)25-8-3-9-26-18-7-5-16(22)11-15(18)12-19-20(24)23-21(27)28-19/h4-7,10-12H,3,8-9H2,1-2H3,(H,23,24,27)/b19-12-. The molecular formula is C21H20ClNO3S2. The number of benzene rings is 2. The van der Waals surface area contributed by atoms with Gasteiger partial charge in [0.25, 0.3) is 5.91 Å². The van der Waals surface area contributed by atoms with Crippen molar-refractivity contribution in [1.82, 2.24) is 5.32 Å². The van der Waals surface area contributed by atoms with Crippen LogP contribution >= 0.6 is 35.6 Å². The van der Waals surface area contributed by atoms with Crippen LogP contribution in [0, 0.1) is 13.8 Å². The molecule has 1 aliphatic rings. The monoisotopic (exact) mass is 433 g/mol. The first-order chi connectivity index (χ1) is 13.4. The number of thiocarbonyl (C=S) groups is 1. The third-order valence-electron chi connectivity index (χ3n) is 4.03. The van der Waals surface area contributed by atoms with Gasteiger partial charge in [0.1, 0.15) is 15.8 Å². The lowest BCUT2D eigenvalue weighted by atomic mass is 10.1. The molecule has 1 saturated heterocycles. The summed E-state index contributed by atoms with van der Waals surface area (Å²) in [5, 5.41) is 3.17. The van der Waals surface area contributed by atoms with Crippen LogP contribution in [-0.4, -0.2) is 23.4 Å². The van der Waals surface area contributed by atoms with E-state index in [0.29, 0.717) is 33.2 Å². The fourth-order valence-electron chi connectivity index (χ4n) is 2.71. The van der Waals surface area contributed by atoms with E-state index in [1.807, 2.05) is 19.1 Å². The molecule has 1 N–H and O–H groups in total. The normalized spacial score (nSPS) is 15.0. The number of hydrogen-bond donors (Lipinski definition) is 1. The number of ether oxygens (including phenoxy) is 2. The molecule has 0 aromatic heterocycles. The summed E-state index contributed by atoms with van der Waals surface area (Å²) in [6, 6.07) is 11.5. The van der Waals surface area contributed by atoms with Crippen molar-refractivity contribution in [1.29, 1.82) is 0 Å². The van der Waals surface area contributed by atoms with Gasteiger partial charge in [-0.25, -0.2) is 0 Å². The van der Waals surface area contributed by atoms with Gasteiger partial charge in [-0.15, -0.1) is 0 Å². The highest BCUT2D eigenvalue weighted by Crippen LogP contribution is 2.31. The Morgan fingerprint density at radius 1 is 1.11 bits per heavy atom. The van der Waals surface area contributed by atoms with Gasteiger partial charge in [0.05, 0.1) is 18.1 Å². The predicted octanol–water partition coefficient (Wildman–Crippen LogP) is 5.29. The van der Waals surface area contributed by atoms with Crippen LogP contribution in [0.3, 0.4) is 0 Å². The lowest BCUT2D eigenvalue weighted by Crippen LogP contribution is -2.17. The molecule has 0 aliphatic carbocycles. The van der Waals surface area contributed by atoms with Crippen LogP contribution in [0.2, 0.25) is 5.02 Å². The molecule has 1 fully saturated rings. The molecule has 2 aromatic carbocycles. The summed E-state index contributed by atoms with van der Waals surface area (Å²) in [5.41, 5.74) is 3.08. The van der Waals surface area contributed by atoms with Crippen molar-refractivity contribution in [2.45, 2.75) is 20.3 Å². The van der Waals surface area contributed by atoms with Crippen molar-refractivity contribution < 1.29 is 14.3 Å². The van der Waals surface area contributed by atoms with E-state index in [1.54, 1.807) is 24.3 Å². The lowest BCUT2D eigenvalue weighted by Gasteiger charge is -2.12. The zero-order valence-electron chi connectivity index (χ0n) is 15.6. The summed E-state index contributed by atoms with van der Waals surface area (Å²) in [7, 11) is 0. The van der Waals surface area contributed by atoms with E-state index in [2.05, 4.69) is 18.3 Å². The molecule has 0 unspecified atom stereocenters. The van der Waals surface area contributed by atoms with Crippen LogP contribution in [0.1, 0.15) is 23.1 Å². The van der Waals surface area contributed by atoms with E-state index >= 15 is 0 Å². The first-order valence-electron chi connectivity index (χ1n) is 8.79. The maximum atomic E-state index is 11.9. The summed E-state index contributed by atoms with van der Waals surface area (Å²) < 4.78 is 12.2. The fraction of sp³-hybridized carbons (Fsp3) is 0.238. The van der Waals surface area contributed by atoms with Gasteiger partial charge in [-0.05, 0) is 49.8 Å². The number of rotatable bonds is 7. The fourth-order valence-corrected chi connectivity index (χ4v) is 3.93. The Morgan fingerprint density at radius 3 is 2.50 bits per heavy atom. The minimum atomic E-state index is -0.206. The van der Waals surface area contributed by atoms with E-state index in [9.17, 15) is 4.79 Å². The number of nitrogens with one attached hydrogen (secondary N) is 1. The average molecular weight is 434 g/mol. The molecule has 0 saturated carbocycles. The molecule has 1 heterocycles. The van der Waals surface area contributed by atoms with Crippen LogP contribution < -0.4 is 14.8 Å². The highest BCUT2D eigenvalue weighted by molar-refractivity contribution is 8.26. The van der Waals surface area contributed by atoms with Gasteiger partial charge in [-0.1, -0.05) is 53.3 Å². The largest absolute Gasteiger partial charge is 0.493 e. The minimum absolute atomic E-state index is 0.206. The van der Waals surface area contributed by atoms with Crippen molar-refractivity contribution in [3.8, 4) is 11.5 Å². The molecule has 7 heteroatoms.